The molecule has 4 rings (SSSR count). The third-order valence-electron chi connectivity index (χ3n) is 5.53. The van der Waals surface area contributed by atoms with Gasteiger partial charge in [-0.05, 0) is 23.8 Å². The molecular formula is C25H24FN3O4S. The quantitative estimate of drug-likeness (QED) is 0.294. The van der Waals surface area contributed by atoms with Gasteiger partial charge in [-0.25, -0.2) is 4.39 Å². The summed E-state index contributed by atoms with van der Waals surface area (Å²) in [5.41, 5.74) is 1.53. The van der Waals surface area contributed by atoms with Crippen molar-refractivity contribution in [1.82, 2.24) is 9.55 Å². The van der Waals surface area contributed by atoms with Crippen LogP contribution in [0, 0.1) is 5.82 Å². The fourth-order valence-corrected chi connectivity index (χ4v) is 4.84. The molecule has 0 saturated heterocycles. The first kappa shape index (κ1) is 23.6. The van der Waals surface area contributed by atoms with Crippen LogP contribution in [0.5, 0.6) is 11.5 Å². The van der Waals surface area contributed by atoms with Crippen LogP contribution in [0.1, 0.15) is 29.0 Å². The van der Waals surface area contributed by atoms with E-state index in [1.807, 2.05) is 6.07 Å². The first-order valence-corrected chi connectivity index (χ1v) is 11.6. The van der Waals surface area contributed by atoms with Crippen molar-refractivity contribution in [1.29, 1.82) is 0 Å². The van der Waals surface area contributed by atoms with Crippen LogP contribution in [0.25, 0.3) is 0 Å². The van der Waals surface area contributed by atoms with Crippen molar-refractivity contribution in [3.8, 4) is 11.5 Å². The predicted molar refractivity (Wildman–Crippen MR) is 129 cm³/mol. The molecule has 1 aliphatic rings. The van der Waals surface area contributed by atoms with Crippen molar-refractivity contribution >= 4 is 23.5 Å². The van der Waals surface area contributed by atoms with E-state index in [0.29, 0.717) is 39.4 Å². The van der Waals surface area contributed by atoms with Gasteiger partial charge in [-0.2, -0.15) is 4.98 Å². The molecule has 0 aliphatic carbocycles. The van der Waals surface area contributed by atoms with E-state index >= 15 is 0 Å². The monoisotopic (exact) mass is 481 g/mol. The number of halogens is 1. The van der Waals surface area contributed by atoms with Crippen molar-refractivity contribution in [2.24, 2.45) is 7.05 Å². The second-order valence-electron chi connectivity index (χ2n) is 7.72. The van der Waals surface area contributed by atoms with Crippen molar-refractivity contribution in [2.45, 2.75) is 23.2 Å². The SMILES string of the molecule is C=CCOc1c(OC)cccc1[C@H]1CC(=O)Nc2c1c(=O)nc(SCc1ccc(F)cc1)n2C. The fourth-order valence-electron chi connectivity index (χ4n) is 3.92. The summed E-state index contributed by atoms with van der Waals surface area (Å²) in [6.07, 6.45) is 1.69. The standard InChI is InChI=1S/C25H24FN3O4S/c1-4-12-33-22-17(6-5-7-19(22)32-3)18-13-20(30)27-23-21(18)24(31)28-25(29(23)2)34-14-15-8-10-16(26)11-9-15/h4-11,18H,1,12-14H2,2-3H3,(H,27,30)/t18-/m1/s1. The Morgan fingerprint density at radius 3 is 2.74 bits per heavy atom. The van der Waals surface area contributed by atoms with Gasteiger partial charge in [0.05, 0.1) is 12.7 Å². The maximum Gasteiger partial charge on any atom is 0.279 e. The van der Waals surface area contributed by atoms with Crippen LogP contribution in [-0.4, -0.2) is 29.2 Å². The van der Waals surface area contributed by atoms with Crippen LogP contribution in [0.2, 0.25) is 0 Å². The number of thioether (sulfide) groups is 1. The topological polar surface area (TPSA) is 82.4 Å². The molecule has 0 unspecified atom stereocenters. The lowest BCUT2D eigenvalue weighted by molar-refractivity contribution is -0.116. The largest absolute Gasteiger partial charge is 0.493 e. The highest BCUT2D eigenvalue weighted by atomic mass is 32.2. The number of benzene rings is 2. The van der Waals surface area contributed by atoms with E-state index in [-0.39, 0.29) is 24.8 Å². The van der Waals surface area contributed by atoms with Crippen LogP contribution in [-0.2, 0) is 17.6 Å². The maximum atomic E-state index is 13.2. The average molecular weight is 482 g/mol. The molecule has 1 N–H and O–H groups in total. The summed E-state index contributed by atoms with van der Waals surface area (Å²) in [5.74, 6) is 0.782. The normalized spacial score (nSPS) is 14.8. The van der Waals surface area contributed by atoms with Crippen LogP contribution in [0.15, 0.2) is 65.1 Å². The zero-order valence-corrected chi connectivity index (χ0v) is 19.7. The summed E-state index contributed by atoms with van der Waals surface area (Å²) in [6, 6.07) is 11.5. The summed E-state index contributed by atoms with van der Waals surface area (Å²) in [4.78, 5) is 30.2. The third-order valence-corrected chi connectivity index (χ3v) is 6.63. The highest BCUT2D eigenvalue weighted by Gasteiger charge is 2.34. The lowest BCUT2D eigenvalue weighted by Crippen LogP contribution is -2.33. The zero-order valence-electron chi connectivity index (χ0n) is 18.8. The summed E-state index contributed by atoms with van der Waals surface area (Å²) in [5, 5.41) is 3.29. The summed E-state index contributed by atoms with van der Waals surface area (Å²) in [6.45, 7) is 3.93. The zero-order chi connectivity index (χ0) is 24.2. The molecule has 2 heterocycles. The molecule has 0 radical (unpaired) electrons. The molecule has 0 bridgehead atoms. The van der Waals surface area contributed by atoms with Crippen LogP contribution in [0.3, 0.4) is 0 Å². The van der Waals surface area contributed by atoms with E-state index in [1.165, 1.54) is 31.0 Å². The number of para-hydroxylation sites is 1. The first-order valence-electron chi connectivity index (χ1n) is 10.6. The Morgan fingerprint density at radius 1 is 1.26 bits per heavy atom. The number of anilines is 1. The minimum atomic E-state index is -0.555. The van der Waals surface area contributed by atoms with Gasteiger partial charge in [0.25, 0.3) is 5.56 Å². The van der Waals surface area contributed by atoms with Crippen LogP contribution < -0.4 is 20.3 Å². The Balaban J connectivity index is 1.75. The van der Waals surface area contributed by atoms with Crippen molar-refractivity contribution < 1.29 is 18.7 Å². The highest BCUT2D eigenvalue weighted by molar-refractivity contribution is 7.98. The van der Waals surface area contributed by atoms with Crippen molar-refractivity contribution in [2.75, 3.05) is 19.0 Å². The summed E-state index contributed by atoms with van der Waals surface area (Å²) in [7, 11) is 3.29. The molecular weight excluding hydrogens is 457 g/mol. The number of amides is 1. The van der Waals surface area contributed by atoms with E-state index < -0.39 is 11.5 Å². The van der Waals surface area contributed by atoms with Gasteiger partial charge in [-0.1, -0.05) is 48.7 Å². The van der Waals surface area contributed by atoms with Gasteiger partial charge < -0.3 is 19.4 Å². The molecule has 34 heavy (non-hydrogen) atoms. The van der Waals surface area contributed by atoms with E-state index in [4.69, 9.17) is 9.47 Å². The van der Waals surface area contributed by atoms with Crippen molar-refractivity contribution in [3.05, 3.63) is 88.0 Å². The van der Waals surface area contributed by atoms with E-state index in [0.717, 1.165) is 5.56 Å². The number of aromatic nitrogens is 2. The number of hydrogen-bond donors (Lipinski definition) is 1. The second-order valence-corrected chi connectivity index (χ2v) is 8.66. The van der Waals surface area contributed by atoms with Crippen molar-refractivity contribution in [3.63, 3.8) is 0 Å². The number of nitrogens with zero attached hydrogens (tertiary/aromatic N) is 2. The summed E-state index contributed by atoms with van der Waals surface area (Å²) >= 11 is 1.33. The number of hydrogen-bond acceptors (Lipinski definition) is 6. The molecule has 0 saturated carbocycles. The van der Waals surface area contributed by atoms with E-state index in [2.05, 4.69) is 16.9 Å². The third kappa shape index (κ3) is 4.70. The molecule has 1 atom stereocenters. The second kappa shape index (κ2) is 10.1. The van der Waals surface area contributed by atoms with Gasteiger partial charge in [0, 0.05) is 30.7 Å². The molecule has 9 heteroatoms. The molecule has 176 valence electrons. The summed E-state index contributed by atoms with van der Waals surface area (Å²) < 4.78 is 26.2. The average Bonchev–Trinajstić information content (AvgIpc) is 2.84. The van der Waals surface area contributed by atoms with E-state index in [9.17, 15) is 14.0 Å². The Kier molecular flexibility index (Phi) is 7.02. The Bertz CT molecular complexity index is 1290. The maximum absolute atomic E-state index is 13.2. The number of nitrogens with one attached hydrogen (secondary N) is 1. The number of rotatable bonds is 8. The molecule has 1 aliphatic heterocycles. The van der Waals surface area contributed by atoms with Gasteiger partial charge in [-0.3, -0.25) is 9.59 Å². The number of fused-ring (bicyclic) bond motifs is 1. The minimum absolute atomic E-state index is 0.0730. The lowest BCUT2D eigenvalue weighted by Gasteiger charge is -2.29. The molecule has 1 aromatic heterocycles. The highest BCUT2D eigenvalue weighted by Crippen LogP contribution is 2.43. The van der Waals surface area contributed by atoms with Gasteiger partial charge in [0.15, 0.2) is 16.7 Å². The number of ether oxygens (including phenoxy) is 2. The number of carbonyl (C=O) groups excluding carboxylic acids is 1. The van der Waals surface area contributed by atoms with Gasteiger partial charge in [-0.15, -0.1) is 0 Å². The minimum Gasteiger partial charge on any atom is -0.493 e. The number of methoxy groups -OCH3 is 1. The molecule has 2 aromatic carbocycles. The predicted octanol–water partition coefficient (Wildman–Crippen LogP) is 4.26. The molecule has 3 aromatic rings. The lowest BCUT2D eigenvalue weighted by atomic mass is 9.86. The van der Waals surface area contributed by atoms with Crippen LogP contribution in [0.4, 0.5) is 10.2 Å². The van der Waals surface area contributed by atoms with Gasteiger partial charge in [0.2, 0.25) is 5.91 Å². The van der Waals surface area contributed by atoms with E-state index in [1.54, 1.807) is 42.0 Å². The Labute approximate surface area is 200 Å². The van der Waals surface area contributed by atoms with Gasteiger partial charge >= 0.3 is 0 Å². The molecule has 7 nitrogen and oxygen atoms in total. The molecule has 0 spiro atoms. The molecule has 0 fully saturated rings. The van der Waals surface area contributed by atoms with Gasteiger partial charge in [0.1, 0.15) is 18.2 Å². The molecule has 1 amide bonds. The van der Waals surface area contributed by atoms with Crippen LogP contribution >= 0.6 is 11.8 Å². The Morgan fingerprint density at radius 2 is 2.03 bits per heavy atom. The first-order chi connectivity index (χ1) is 16.4. The Hall–Kier alpha value is -3.59. The smallest absolute Gasteiger partial charge is 0.279 e. The fraction of sp³-hybridized carbons (Fsp3) is 0.240. The number of carbonyl (C=O) groups is 1.